The highest BCUT2D eigenvalue weighted by atomic mass is 79.9. The summed E-state index contributed by atoms with van der Waals surface area (Å²) < 4.78 is 10.8. The zero-order chi connectivity index (χ0) is 19.4. The van der Waals surface area contributed by atoms with Gasteiger partial charge in [-0.05, 0) is 43.3 Å². The van der Waals surface area contributed by atoms with Crippen molar-refractivity contribution < 1.29 is 19.1 Å². The number of carbonyl (C=O) groups is 2. The molecule has 138 valence electrons. The number of ether oxygens (including phenoxy) is 2. The van der Waals surface area contributed by atoms with Gasteiger partial charge in [0.2, 0.25) is 0 Å². The fraction of sp³-hybridized carbons (Fsp3) is 0.150. The molecule has 1 N–H and O–H groups in total. The predicted octanol–water partition coefficient (Wildman–Crippen LogP) is 4.70. The molecule has 0 fully saturated rings. The number of esters is 2. The number of nitrogens with zero attached hydrogens (tertiary/aromatic N) is 1. The maximum absolute atomic E-state index is 12.4. The number of aromatic nitrogens is 1. The maximum Gasteiger partial charge on any atom is 0.341 e. The van der Waals surface area contributed by atoms with Gasteiger partial charge >= 0.3 is 11.9 Å². The van der Waals surface area contributed by atoms with Crippen LogP contribution in [0.15, 0.2) is 53.1 Å². The maximum atomic E-state index is 12.4. The standard InChI is InChI=1S/C20H17BrN2O4/c1-3-27-20(25)16-11-22-17-8-7-13(21)10-15(17)18(16)23-14-6-4-5-12(9-14)19(24)26-2/h4-11H,3H2,1-2H3,(H,22,23). The van der Waals surface area contributed by atoms with Crippen LogP contribution < -0.4 is 5.32 Å². The van der Waals surface area contributed by atoms with Crippen molar-refractivity contribution in [2.24, 2.45) is 0 Å². The van der Waals surface area contributed by atoms with Gasteiger partial charge in [0.1, 0.15) is 5.56 Å². The lowest BCUT2D eigenvalue weighted by atomic mass is 10.1. The van der Waals surface area contributed by atoms with Gasteiger partial charge in [0.15, 0.2) is 0 Å². The fourth-order valence-electron chi connectivity index (χ4n) is 2.65. The first-order chi connectivity index (χ1) is 13.0. The second kappa shape index (κ2) is 8.18. The quantitative estimate of drug-likeness (QED) is 0.593. The summed E-state index contributed by atoms with van der Waals surface area (Å²) in [5, 5.41) is 3.98. The van der Waals surface area contributed by atoms with E-state index in [9.17, 15) is 9.59 Å². The Hall–Kier alpha value is -2.93. The summed E-state index contributed by atoms with van der Waals surface area (Å²) >= 11 is 3.45. The first-order valence-corrected chi connectivity index (χ1v) is 9.03. The van der Waals surface area contributed by atoms with Crippen molar-refractivity contribution >= 4 is 50.1 Å². The number of benzene rings is 2. The molecule has 3 rings (SSSR count). The van der Waals surface area contributed by atoms with Crippen LogP contribution in [0.25, 0.3) is 10.9 Å². The SMILES string of the molecule is CCOC(=O)c1cnc2ccc(Br)cc2c1Nc1cccc(C(=O)OC)c1. The van der Waals surface area contributed by atoms with Crippen LogP contribution >= 0.6 is 15.9 Å². The van der Waals surface area contributed by atoms with Gasteiger partial charge < -0.3 is 14.8 Å². The first-order valence-electron chi connectivity index (χ1n) is 8.24. The molecule has 27 heavy (non-hydrogen) atoms. The summed E-state index contributed by atoms with van der Waals surface area (Å²) in [7, 11) is 1.33. The molecule has 0 spiro atoms. The third-order valence-electron chi connectivity index (χ3n) is 3.88. The molecule has 1 aromatic heterocycles. The van der Waals surface area contributed by atoms with Crippen molar-refractivity contribution in [3.63, 3.8) is 0 Å². The van der Waals surface area contributed by atoms with Gasteiger partial charge in [-0.1, -0.05) is 22.0 Å². The molecule has 0 radical (unpaired) electrons. The van der Waals surface area contributed by atoms with E-state index >= 15 is 0 Å². The van der Waals surface area contributed by atoms with Crippen LogP contribution in [0.2, 0.25) is 0 Å². The topological polar surface area (TPSA) is 77.5 Å². The molecular formula is C20H17BrN2O4. The summed E-state index contributed by atoms with van der Waals surface area (Å²) in [5.41, 5.74) is 2.63. The molecule has 0 aliphatic carbocycles. The van der Waals surface area contributed by atoms with E-state index in [4.69, 9.17) is 9.47 Å². The Kier molecular flexibility index (Phi) is 5.71. The fourth-order valence-corrected chi connectivity index (χ4v) is 3.01. The van der Waals surface area contributed by atoms with Crippen LogP contribution in [-0.4, -0.2) is 30.6 Å². The number of halogens is 1. The van der Waals surface area contributed by atoms with Crippen molar-refractivity contribution in [3.05, 3.63) is 64.3 Å². The summed E-state index contributed by atoms with van der Waals surface area (Å²) in [6.07, 6.45) is 1.49. The van der Waals surface area contributed by atoms with E-state index in [2.05, 4.69) is 26.2 Å². The van der Waals surface area contributed by atoms with Gasteiger partial charge in [-0.2, -0.15) is 0 Å². The van der Waals surface area contributed by atoms with Crippen molar-refractivity contribution in [2.45, 2.75) is 6.92 Å². The molecule has 0 aliphatic heterocycles. The Bertz CT molecular complexity index is 1020. The van der Waals surface area contributed by atoms with Gasteiger partial charge in [-0.3, -0.25) is 4.98 Å². The second-order valence-electron chi connectivity index (χ2n) is 5.63. The summed E-state index contributed by atoms with van der Waals surface area (Å²) in [6.45, 7) is 2.00. The lowest BCUT2D eigenvalue weighted by Gasteiger charge is -2.15. The highest BCUT2D eigenvalue weighted by molar-refractivity contribution is 9.10. The molecular weight excluding hydrogens is 412 g/mol. The molecule has 2 aromatic carbocycles. The lowest BCUT2D eigenvalue weighted by Crippen LogP contribution is -2.09. The summed E-state index contributed by atoms with van der Waals surface area (Å²) in [4.78, 5) is 28.6. The van der Waals surface area contributed by atoms with Crippen LogP contribution in [0.5, 0.6) is 0 Å². The minimum Gasteiger partial charge on any atom is -0.465 e. The van der Waals surface area contributed by atoms with Gasteiger partial charge in [0.25, 0.3) is 0 Å². The smallest absolute Gasteiger partial charge is 0.341 e. The van der Waals surface area contributed by atoms with Crippen molar-refractivity contribution in [1.29, 1.82) is 0 Å². The van der Waals surface area contributed by atoms with E-state index in [0.717, 1.165) is 15.4 Å². The van der Waals surface area contributed by atoms with Crippen LogP contribution in [0.4, 0.5) is 11.4 Å². The first kappa shape index (κ1) is 18.8. The Balaban J connectivity index is 2.13. The number of fused-ring (bicyclic) bond motifs is 1. The summed E-state index contributed by atoms with van der Waals surface area (Å²) in [5.74, 6) is -0.912. The van der Waals surface area contributed by atoms with Crippen LogP contribution in [0.1, 0.15) is 27.6 Å². The van der Waals surface area contributed by atoms with Crippen LogP contribution in [-0.2, 0) is 9.47 Å². The van der Waals surface area contributed by atoms with E-state index in [1.54, 1.807) is 31.2 Å². The number of hydrogen-bond acceptors (Lipinski definition) is 6. The van der Waals surface area contributed by atoms with Crippen molar-refractivity contribution in [2.75, 3.05) is 19.0 Å². The van der Waals surface area contributed by atoms with Gasteiger partial charge in [-0.25, -0.2) is 9.59 Å². The average molecular weight is 429 g/mol. The molecule has 0 saturated heterocycles. The number of methoxy groups -OCH3 is 1. The molecule has 7 heteroatoms. The highest BCUT2D eigenvalue weighted by Crippen LogP contribution is 2.32. The minimum absolute atomic E-state index is 0.257. The number of anilines is 2. The zero-order valence-electron chi connectivity index (χ0n) is 14.8. The Labute approximate surface area is 164 Å². The van der Waals surface area contributed by atoms with Gasteiger partial charge in [0, 0.05) is 21.7 Å². The van der Waals surface area contributed by atoms with Gasteiger partial charge in [-0.15, -0.1) is 0 Å². The number of pyridine rings is 1. The Morgan fingerprint density at radius 3 is 2.70 bits per heavy atom. The number of rotatable bonds is 5. The van der Waals surface area contributed by atoms with E-state index in [0.29, 0.717) is 22.5 Å². The molecule has 6 nitrogen and oxygen atoms in total. The molecule has 0 saturated carbocycles. The minimum atomic E-state index is -0.474. The number of hydrogen-bond donors (Lipinski definition) is 1. The van der Waals surface area contributed by atoms with E-state index < -0.39 is 11.9 Å². The average Bonchev–Trinajstić information content (AvgIpc) is 2.68. The second-order valence-corrected chi connectivity index (χ2v) is 6.54. The molecule has 1 heterocycles. The third-order valence-corrected chi connectivity index (χ3v) is 4.37. The summed E-state index contributed by atoms with van der Waals surface area (Å²) in [6, 6.07) is 12.4. The van der Waals surface area contributed by atoms with E-state index in [1.807, 2.05) is 18.2 Å². The molecule has 0 bridgehead atoms. The van der Waals surface area contributed by atoms with Crippen molar-refractivity contribution in [3.8, 4) is 0 Å². The molecule has 3 aromatic rings. The predicted molar refractivity (Wildman–Crippen MR) is 106 cm³/mol. The van der Waals surface area contributed by atoms with Gasteiger partial charge in [0.05, 0.1) is 30.5 Å². The molecule has 0 amide bonds. The normalized spacial score (nSPS) is 10.5. The Morgan fingerprint density at radius 1 is 1.15 bits per heavy atom. The highest BCUT2D eigenvalue weighted by Gasteiger charge is 2.18. The van der Waals surface area contributed by atoms with Crippen LogP contribution in [0.3, 0.4) is 0 Å². The zero-order valence-corrected chi connectivity index (χ0v) is 16.4. The Morgan fingerprint density at radius 2 is 1.96 bits per heavy atom. The largest absolute Gasteiger partial charge is 0.465 e. The number of nitrogens with one attached hydrogen (secondary N) is 1. The van der Waals surface area contributed by atoms with Crippen LogP contribution in [0, 0.1) is 0 Å². The molecule has 0 atom stereocenters. The van der Waals surface area contributed by atoms with E-state index in [1.165, 1.54) is 13.3 Å². The molecule has 0 unspecified atom stereocenters. The third kappa shape index (κ3) is 4.09. The lowest BCUT2D eigenvalue weighted by molar-refractivity contribution is 0.0526. The monoisotopic (exact) mass is 428 g/mol. The number of carbonyl (C=O) groups excluding carboxylic acids is 2. The van der Waals surface area contributed by atoms with E-state index in [-0.39, 0.29) is 6.61 Å². The molecule has 0 aliphatic rings. The van der Waals surface area contributed by atoms with Crippen molar-refractivity contribution in [1.82, 2.24) is 4.98 Å².